The number of carbonyl (C=O) groups excluding carboxylic acids is 1. The molecular formula is C14H12ClNO. The number of alkyl halides is 1. The van der Waals surface area contributed by atoms with E-state index >= 15 is 0 Å². The lowest BCUT2D eigenvalue weighted by atomic mass is 9.94. The number of fused-ring (bicyclic) bond motifs is 2. The lowest BCUT2D eigenvalue weighted by Gasteiger charge is -2.19. The summed E-state index contributed by atoms with van der Waals surface area (Å²) in [6, 6.07) is 7.80. The van der Waals surface area contributed by atoms with E-state index in [1.165, 1.54) is 5.56 Å². The molecule has 1 aliphatic carbocycles. The molecule has 1 aromatic carbocycles. The Morgan fingerprint density at radius 2 is 2.24 bits per heavy atom. The molecule has 0 radical (unpaired) electrons. The minimum absolute atomic E-state index is 0.196. The van der Waals surface area contributed by atoms with Crippen LogP contribution in [0.2, 0.25) is 0 Å². The summed E-state index contributed by atoms with van der Waals surface area (Å²) in [6.45, 7) is 0. The van der Waals surface area contributed by atoms with Gasteiger partial charge in [-0.05, 0) is 30.5 Å². The molecule has 0 spiro atoms. The van der Waals surface area contributed by atoms with Gasteiger partial charge in [-0.25, -0.2) is 0 Å². The average Bonchev–Trinajstić information content (AvgIpc) is 2.35. The van der Waals surface area contributed by atoms with Gasteiger partial charge in [0, 0.05) is 28.4 Å². The van der Waals surface area contributed by atoms with Crippen LogP contribution in [0, 0.1) is 0 Å². The van der Waals surface area contributed by atoms with Crippen LogP contribution in [0.25, 0.3) is 10.9 Å². The van der Waals surface area contributed by atoms with Crippen molar-refractivity contribution >= 4 is 28.8 Å². The maximum Gasteiger partial charge on any atom is 0.150 e. The normalized spacial score (nSPS) is 19.0. The predicted molar refractivity (Wildman–Crippen MR) is 68.8 cm³/mol. The highest BCUT2D eigenvalue weighted by atomic mass is 35.5. The van der Waals surface area contributed by atoms with Crippen molar-refractivity contribution in [1.29, 1.82) is 0 Å². The quantitative estimate of drug-likeness (QED) is 0.571. The number of aldehydes is 1. The minimum atomic E-state index is 0.196. The Labute approximate surface area is 105 Å². The molecule has 86 valence electrons. The first kappa shape index (κ1) is 10.7. The van der Waals surface area contributed by atoms with Crippen LogP contribution in [0.15, 0.2) is 24.3 Å². The number of rotatable bonds is 1. The molecule has 0 saturated carbocycles. The summed E-state index contributed by atoms with van der Waals surface area (Å²) in [5.41, 5.74) is 3.95. The number of carbonyl (C=O) groups is 1. The fourth-order valence-electron chi connectivity index (χ4n) is 2.36. The van der Waals surface area contributed by atoms with Crippen LogP contribution in [0.4, 0.5) is 0 Å². The third-order valence-corrected chi connectivity index (χ3v) is 3.66. The summed E-state index contributed by atoms with van der Waals surface area (Å²) >= 11 is 6.16. The van der Waals surface area contributed by atoms with Crippen LogP contribution >= 0.6 is 11.6 Å². The van der Waals surface area contributed by atoms with Crippen LogP contribution in [0.1, 0.15) is 28.0 Å². The van der Waals surface area contributed by atoms with Gasteiger partial charge in [0.15, 0.2) is 0 Å². The molecule has 0 N–H and O–H groups in total. The first-order valence-electron chi connectivity index (χ1n) is 5.78. The Kier molecular flexibility index (Phi) is 2.60. The zero-order valence-corrected chi connectivity index (χ0v) is 10.1. The van der Waals surface area contributed by atoms with Crippen molar-refractivity contribution in [2.75, 3.05) is 0 Å². The van der Waals surface area contributed by atoms with Crippen molar-refractivity contribution < 1.29 is 4.79 Å². The predicted octanol–water partition coefficient (Wildman–Crippen LogP) is 3.14. The lowest BCUT2D eigenvalue weighted by molar-refractivity contribution is 0.112. The average molecular weight is 246 g/mol. The summed E-state index contributed by atoms with van der Waals surface area (Å²) < 4.78 is 0. The molecule has 2 aromatic rings. The van der Waals surface area contributed by atoms with Crippen molar-refractivity contribution in [3.63, 3.8) is 0 Å². The van der Waals surface area contributed by atoms with Gasteiger partial charge in [0.05, 0.1) is 5.52 Å². The van der Waals surface area contributed by atoms with Crippen LogP contribution in [-0.2, 0) is 12.8 Å². The molecule has 1 aromatic heterocycles. The van der Waals surface area contributed by atoms with Gasteiger partial charge in [-0.1, -0.05) is 12.1 Å². The molecule has 2 nitrogen and oxygen atoms in total. The van der Waals surface area contributed by atoms with Crippen molar-refractivity contribution in [3.8, 4) is 0 Å². The molecule has 0 amide bonds. The maximum absolute atomic E-state index is 10.7. The van der Waals surface area contributed by atoms with Crippen LogP contribution in [0.5, 0.6) is 0 Å². The summed E-state index contributed by atoms with van der Waals surface area (Å²) in [4.78, 5) is 15.4. The second-order valence-electron chi connectivity index (χ2n) is 4.50. The summed E-state index contributed by atoms with van der Waals surface area (Å²) in [5.74, 6) is 0. The molecule has 0 aliphatic heterocycles. The highest BCUT2D eigenvalue weighted by Gasteiger charge is 2.18. The van der Waals surface area contributed by atoms with Gasteiger partial charge >= 0.3 is 0 Å². The lowest BCUT2D eigenvalue weighted by Crippen LogP contribution is -2.15. The number of hydrogen-bond donors (Lipinski definition) is 0. The van der Waals surface area contributed by atoms with E-state index in [2.05, 4.69) is 11.1 Å². The van der Waals surface area contributed by atoms with E-state index in [9.17, 15) is 4.79 Å². The summed E-state index contributed by atoms with van der Waals surface area (Å²) in [6.07, 6.45) is 3.71. The third kappa shape index (κ3) is 1.93. The first-order chi connectivity index (χ1) is 8.26. The van der Waals surface area contributed by atoms with E-state index in [1.54, 1.807) is 0 Å². The number of aryl methyl sites for hydroxylation is 1. The van der Waals surface area contributed by atoms with Gasteiger partial charge < -0.3 is 0 Å². The van der Waals surface area contributed by atoms with Crippen molar-refractivity contribution in [2.45, 2.75) is 24.6 Å². The zero-order chi connectivity index (χ0) is 11.8. The Morgan fingerprint density at radius 3 is 3.06 bits per heavy atom. The fraction of sp³-hybridized carbons (Fsp3) is 0.286. The smallest absolute Gasteiger partial charge is 0.150 e. The molecule has 1 aliphatic rings. The van der Waals surface area contributed by atoms with Gasteiger partial charge in [-0.2, -0.15) is 0 Å². The molecule has 1 heterocycles. The second kappa shape index (κ2) is 4.11. The number of benzene rings is 1. The number of halogens is 1. The molecule has 1 unspecified atom stereocenters. The Balaban J connectivity index is 2.18. The van der Waals surface area contributed by atoms with Gasteiger partial charge in [-0.3, -0.25) is 9.78 Å². The summed E-state index contributed by atoms with van der Waals surface area (Å²) in [5, 5.41) is 1.30. The molecule has 3 heteroatoms. The maximum atomic E-state index is 10.7. The highest BCUT2D eigenvalue weighted by Crippen LogP contribution is 2.26. The van der Waals surface area contributed by atoms with E-state index in [1.807, 2.05) is 18.2 Å². The molecule has 1 atom stereocenters. The molecule has 0 bridgehead atoms. The monoisotopic (exact) mass is 245 g/mol. The van der Waals surface area contributed by atoms with Crippen molar-refractivity contribution in [3.05, 3.63) is 41.1 Å². The van der Waals surface area contributed by atoms with Crippen molar-refractivity contribution in [1.82, 2.24) is 4.98 Å². The minimum Gasteiger partial charge on any atom is -0.298 e. The number of aromatic nitrogens is 1. The number of nitrogens with zero attached hydrogens (tertiary/aromatic N) is 1. The molecule has 17 heavy (non-hydrogen) atoms. The van der Waals surface area contributed by atoms with Gasteiger partial charge in [0.25, 0.3) is 0 Å². The molecule has 0 fully saturated rings. The third-order valence-electron chi connectivity index (χ3n) is 3.29. The van der Waals surface area contributed by atoms with E-state index in [0.717, 1.165) is 42.1 Å². The van der Waals surface area contributed by atoms with E-state index in [-0.39, 0.29) is 5.38 Å². The largest absolute Gasteiger partial charge is 0.298 e. The SMILES string of the molecule is O=Cc1ccc2cc3c(nc2c1)CC(Cl)CC3. The Bertz CT molecular complexity index is 594. The van der Waals surface area contributed by atoms with Gasteiger partial charge in [0.1, 0.15) is 6.29 Å². The molecule has 3 rings (SSSR count). The van der Waals surface area contributed by atoms with Gasteiger partial charge in [-0.15, -0.1) is 11.6 Å². The second-order valence-corrected chi connectivity index (χ2v) is 5.12. The Hall–Kier alpha value is -1.41. The highest BCUT2D eigenvalue weighted by molar-refractivity contribution is 6.20. The van der Waals surface area contributed by atoms with E-state index < -0.39 is 0 Å². The zero-order valence-electron chi connectivity index (χ0n) is 9.32. The van der Waals surface area contributed by atoms with E-state index in [0.29, 0.717) is 5.56 Å². The first-order valence-corrected chi connectivity index (χ1v) is 6.22. The summed E-state index contributed by atoms with van der Waals surface area (Å²) in [7, 11) is 0. The standard InChI is InChI=1S/C14H12ClNO/c15-12-4-3-11-6-10-2-1-9(8-17)5-13(10)16-14(11)7-12/h1-2,5-6,8,12H,3-4,7H2. The molecular weight excluding hydrogens is 234 g/mol. The van der Waals surface area contributed by atoms with Crippen molar-refractivity contribution in [2.24, 2.45) is 0 Å². The van der Waals surface area contributed by atoms with Gasteiger partial charge in [0.2, 0.25) is 0 Å². The topological polar surface area (TPSA) is 30.0 Å². The van der Waals surface area contributed by atoms with Crippen LogP contribution in [0.3, 0.4) is 0 Å². The fourth-order valence-corrected chi connectivity index (χ4v) is 2.61. The van der Waals surface area contributed by atoms with E-state index in [4.69, 9.17) is 11.6 Å². The van der Waals surface area contributed by atoms with Crippen LogP contribution < -0.4 is 0 Å². The number of hydrogen-bond acceptors (Lipinski definition) is 2. The van der Waals surface area contributed by atoms with Crippen LogP contribution in [-0.4, -0.2) is 16.6 Å². The number of pyridine rings is 1. The molecule has 0 saturated heterocycles. The Morgan fingerprint density at radius 1 is 1.35 bits per heavy atom.